The van der Waals surface area contributed by atoms with E-state index < -0.39 is 0 Å². The van der Waals surface area contributed by atoms with Gasteiger partial charge in [-0.3, -0.25) is 4.79 Å². The molecular weight excluding hydrogens is 148 g/mol. The van der Waals surface area contributed by atoms with Crippen LogP contribution in [0.1, 0.15) is 45.4 Å². The van der Waals surface area contributed by atoms with Gasteiger partial charge in [-0.25, -0.2) is 0 Å². The third-order valence-corrected chi connectivity index (χ3v) is 3.34. The topological polar surface area (TPSA) is 17.1 Å². The molecule has 68 valence electrons. The van der Waals surface area contributed by atoms with E-state index in [1.165, 1.54) is 32.1 Å². The number of Topliss-reactive ketones (excluding diaryl/α,β-unsaturated/α-hetero) is 1. The van der Waals surface area contributed by atoms with Crippen LogP contribution in [0.2, 0.25) is 0 Å². The summed E-state index contributed by atoms with van der Waals surface area (Å²) in [6.07, 6.45) is 7.15. The largest absolute Gasteiger partial charge is 0.299 e. The lowest BCUT2D eigenvalue weighted by molar-refractivity contribution is -0.123. The zero-order valence-corrected chi connectivity index (χ0v) is 7.88. The molecule has 0 aliphatic heterocycles. The lowest BCUT2D eigenvalue weighted by Crippen LogP contribution is -2.11. The van der Waals surface area contributed by atoms with Crippen LogP contribution in [0.3, 0.4) is 0 Å². The van der Waals surface area contributed by atoms with Crippen molar-refractivity contribution in [2.24, 2.45) is 17.8 Å². The van der Waals surface area contributed by atoms with Crippen LogP contribution < -0.4 is 0 Å². The van der Waals surface area contributed by atoms with Crippen molar-refractivity contribution in [3.8, 4) is 0 Å². The van der Waals surface area contributed by atoms with Gasteiger partial charge in [0.05, 0.1) is 0 Å². The van der Waals surface area contributed by atoms with Gasteiger partial charge >= 0.3 is 0 Å². The first-order valence-electron chi connectivity index (χ1n) is 5.28. The molecule has 0 heterocycles. The number of ketones is 1. The number of hydrogen-bond donors (Lipinski definition) is 0. The summed E-state index contributed by atoms with van der Waals surface area (Å²) in [7, 11) is 0. The fourth-order valence-corrected chi connectivity index (χ4v) is 2.27. The summed E-state index contributed by atoms with van der Waals surface area (Å²) >= 11 is 0. The summed E-state index contributed by atoms with van der Waals surface area (Å²) < 4.78 is 0. The van der Waals surface area contributed by atoms with Gasteiger partial charge in [0.1, 0.15) is 5.78 Å². The van der Waals surface area contributed by atoms with E-state index >= 15 is 0 Å². The molecule has 0 bridgehead atoms. The van der Waals surface area contributed by atoms with Gasteiger partial charge in [0, 0.05) is 12.3 Å². The number of hydrogen-bond acceptors (Lipinski definition) is 1. The van der Waals surface area contributed by atoms with Crippen molar-refractivity contribution in [1.29, 1.82) is 0 Å². The summed E-state index contributed by atoms with van der Waals surface area (Å²) in [5.41, 5.74) is 0. The SMILES string of the molecule is CC1CCC(C(=O)CC2CC2)C1. The number of carbonyl (C=O) groups excluding carboxylic acids is 1. The maximum atomic E-state index is 11.6. The van der Waals surface area contributed by atoms with E-state index in [1.54, 1.807) is 0 Å². The van der Waals surface area contributed by atoms with E-state index in [9.17, 15) is 4.79 Å². The van der Waals surface area contributed by atoms with Gasteiger partial charge in [-0.15, -0.1) is 0 Å². The lowest BCUT2D eigenvalue weighted by Gasteiger charge is -2.06. The van der Waals surface area contributed by atoms with Crippen molar-refractivity contribution >= 4 is 5.78 Å². The molecule has 2 saturated carbocycles. The average molecular weight is 166 g/mol. The molecule has 2 aliphatic rings. The van der Waals surface area contributed by atoms with Gasteiger partial charge < -0.3 is 0 Å². The number of carbonyl (C=O) groups is 1. The van der Waals surface area contributed by atoms with Gasteiger partial charge in [-0.05, 0) is 43.9 Å². The highest BCUT2D eigenvalue weighted by Gasteiger charge is 2.31. The molecule has 0 aromatic rings. The Kier molecular flexibility index (Phi) is 2.20. The Hall–Kier alpha value is -0.330. The Morgan fingerprint density at radius 1 is 1.25 bits per heavy atom. The molecule has 0 aromatic heterocycles. The van der Waals surface area contributed by atoms with Gasteiger partial charge in [0.15, 0.2) is 0 Å². The van der Waals surface area contributed by atoms with Gasteiger partial charge in [-0.1, -0.05) is 6.92 Å². The Labute approximate surface area is 74.5 Å². The van der Waals surface area contributed by atoms with Crippen LogP contribution in [0.15, 0.2) is 0 Å². The molecule has 2 atom stereocenters. The molecule has 1 heteroatoms. The molecule has 2 fully saturated rings. The van der Waals surface area contributed by atoms with E-state index in [1.807, 2.05) is 0 Å². The summed E-state index contributed by atoms with van der Waals surface area (Å²) in [5, 5.41) is 0. The predicted molar refractivity (Wildman–Crippen MR) is 48.9 cm³/mol. The maximum absolute atomic E-state index is 11.6. The zero-order chi connectivity index (χ0) is 8.55. The van der Waals surface area contributed by atoms with E-state index in [0.29, 0.717) is 11.7 Å². The highest BCUT2D eigenvalue weighted by molar-refractivity contribution is 5.81. The van der Waals surface area contributed by atoms with E-state index in [2.05, 4.69) is 6.92 Å². The van der Waals surface area contributed by atoms with Crippen molar-refractivity contribution in [2.75, 3.05) is 0 Å². The van der Waals surface area contributed by atoms with Crippen molar-refractivity contribution in [1.82, 2.24) is 0 Å². The quantitative estimate of drug-likeness (QED) is 0.630. The third kappa shape index (κ3) is 1.88. The lowest BCUT2D eigenvalue weighted by atomic mass is 9.97. The number of rotatable bonds is 3. The van der Waals surface area contributed by atoms with Gasteiger partial charge in [0.2, 0.25) is 0 Å². The first-order valence-corrected chi connectivity index (χ1v) is 5.28. The monoisotopic (exact) mass is 166 g/mol. The molecule has 12 heavy (non-hydrogen) atoms. The van der Waals surface area contributed by atoms with Gasteiger partial charge in [-0.2, -0.15) is 0 Å². The first kappa shape index (κ1) is 8.28. The van der Waals surface area contributed by atoms with Crippen LogP contribution in [0.4, 0.5) is 0 Å². The molecular formula is C11H18O. The fraction of sp³-hybridized carbons (Fsp3) is 0.909. The Bertz CT molecular complexity index is 181. The third-order valence-electron chi connectivity index (χ3n) is 3.34. The minimum absolute atomic E-state index is 0.445. The molecule has 1 nitrogen and oxygen atoms in total. The van der Waals surface area contributed by atoms with Crippen LogP contribution in [0, 0.1) is 17.8 Å². The molecule has 2 unspecified atom stereocenters. The average Bonchev–Trinajstić information content (AvgIpc) is 2.72. The second kappa shape index (κ2) is 3.20. The summed E-state index contributed by atoms with van der Waals surface area (Å²) in [5.74, 6) is 2.61. The van der Waals surface area contributed by atoms with Crippen LogP contribution in [-0.2, 0) is 4.79 Å². The first-order chi connectivity index (χ1) is 5.75. The molecule has 0 radical (unpaired) electrons. The molecule has 0 amide bonds. The molecule has 0 aromatic carbocycles. The van der Waals surface area contributed by atoms with Crippen molar-refractivity contribution < 1.29 is 4.79 Å². The maximum Gasteiger partial charge on any atom is 0.136 e. The summed E-state index contributed by atoms with van der Waals surface area (Å²) in [6.45, 7) is 2.27. The van der Waals surface area contributed by atoms with Crippen LogP contribution in [-0.4, -0.2) is 5.78 Å². The molecule has 0 saturated heterocycles. The Balaban J connectivity index is 1.79. The summed E-state index contributed by atoms with van der Waals surface area (Å²) in [6, 6.07) is 0. The zero-order valence-electron chi connectivity index (χ0n) is 7.88. The standard InChI is InChI=1S/C11H18O/c1-8-2-5-10(6-8)11(12)7-9-3-4-9/h8-10H,2-7H2,1H3. The van der Waals surface area contributed by atoms with Crippen molar-refractivity contribution in [2.45, 2.75) is 45.4 Å². The van der Waals surface area contributed by atoms with Crippen molar-refractivity contribution in [3.63, 3.8) is 0 Å². The van der Waals surface area contributed by atoms with E-state index in [0.717, 1.165) is 18.3 Å². The fourth-order valence-electron chi connectivity index (χ4n) is 2.27. The Morgan fingerprint density at radius 2 is 2.00 bits per heavy atom. The second-order valence-corrected chi connectivity index (χ2v) is 4.73. The summed E-state index contributed by atoms with van der Waals surface area (Å²) in [4.78, 5) is 11.6. The van der Waals surface area contributed by atoms with Crippen molar-refractivity contribution in [3.05, 3.63) is 0 Å². The highest BCUT2D eigenvalue weighted by Crippen LogP contribution is 2.37. The Morgan fingerprint density at radius 3 is 2.50 bits per heavy atom. The van der Waals surface area contributed by atoms with E-state index in [-0.39, 0.29) is 0 Å². The van der Waals surface area contributed by atoms with Crippen LogP contribution in [0.5, 0.6) is 0 Å². The van der Waals surface area contributed by atoms with Gasteiger partial charge in [0.25, 0.3) is 0 Å². The minimum Gasteiger partial charge on any atom is -0.299 e. The normalized spacial score (nSPS) is 35.4. The molecule has 2 aliphatic carbocycles. The second-order valence-electron chi connectivity index (χ2n) is 4.73. The molecule has 0 spiro atoms. The van der Waals surface area contributed by atoms with Crippen LogP contribution in [0.25, 0.3) is 0 Å². The van der Waals surface area contributed by atoms with E-state index in [4.69, 9.17) is 0 Å². The predicted octanol–water partition coefficient (Wildman–Crippen LogP) is 2.79. The minimum atomic E-state index is 0.445. The smallest absolute Gasteiger partial charge is 0.136 e. The molecule has 0 N–H and O–H groups in total. The highest BCUT2D eigenvalue weighted by atomic mass is 16.1. The molecule has 2 rings (SSSR count). The van der Waals surface area contributed by atoms with Crippen LogP contribution >= 0.6 is 0 Å².